The Morgan fingerprint density at radius 3 is 2.39 bits per heavy atom. The molecule has 0 aliphatic heterocycles. The Labute approximate surface area is 135 Å². The molecule has 2 heterocycles. The highest BCUT2D eigenvalue weighted by Crippen LogP contribution is 2.07. The first-order valence-corrected chi connectivity index (χ1v) is 7.60. The van der Waals surface area contributed by atoms with Crippen LogP contribution in [-0.2, 0) is 24.3 Å². The zero-order chi connectivity index (χ0) is 15.9. The molecule has 1 aromatic carbocycles. The molecule has 0 spiro atoms. The number of pyridine rings is 1. The molecule has 4 nitrogen and oxygen atoms in total. The van der Waals surface area contributed by atoms with Crippen molar-refractivity contribution in [2.75, 3.05) is 0 Å². The fourth-order valence-corrected chi connectivity index (χ4v) is 2.36. The monoisotopic (exact) mass is 307 g/mol. The molecule has 0 radical (unpaired) electrons. The van der Waals surface area contributed by atoms with E-state index in [0.29, 0.717) is 13.1 Å². The van der Waals surface area contributed by atoms with Gasteiger partial charge in [0.15, 0.2) is 12.4 Å². The van der Waals surface area contributed by atoms with Crippen LogP contribution in [0, 0.1) is 0 Å². The number of amides is 1. The van der Waals surface area contributed by atoms with E-state index in [1.165, 1.54) is 11.1 Å². The number of carbonyl (C=O) groups excluding carboxylic acids is 1. The summed E-state index contributed by atoms with van der Waals surface area (Å²) in [6.07, 6.45) is 6.36. The molecule has 0 bridgehead atoms. The highest BCUT2D eigenvalue weighted by molar-refractivity contribution is 5.74. The topological polar surface area (TPSA) is 46.1 Å². The summed E-state index contributed by atoms with van der Waals surface area (Å²) in [7, 11) is 0. The molecule has 2 aromatic heterocycles. The van der Waals surface area contributed by atoms with E-state index in [2.05, 4.69) is 17.4 Å². The van der Waals surface area contributed by atoms with Crippen molar-refractivity contribution in [2.24, 2.45) is 0 Å². The molecule has 0 unspecified atom stereocenters. The quantitative estimate of drug-likeness (QED) is 0.711. The van der Waals surface area contributed by atoms with Crippen molar-refractivity contribution in [3.63, 3.8) is 0 Å². The van der Waals surface area contributed by atoms with E-state index in [1.807, 2.05) is 59.4 Å². The Balaban J connectivity index is 1.51. The summed E-state index contributed by atoms with van der Waals surface area (Å²) >= 11 is 0. The number of rotatable bonds is 6. The molecule has 0 atom stereocenters. The lowest BCUT2D eigenvalue weighted by Crippen LogP contribution is -2.42. The summed E-state index contributed by atoms with van der Waals surface area (Å²) in [5.41, 5.74) is 2.50. The molecule has 3 rings (SSSR count). The minimum Gasteiger partial charge on any atom is -0.467 e. The van der Waals surface area contributed by atoms with Gasteiger partial charge in [-0.05, 0) is 29.7 Å². The number of carbonyl (C=O) groups is 1. The van der Waals surface area contributed by atoms with E-state index in [-0.39, 0.29) is 5.91 Å². The zero-order valence-corrected chi connectivity index (χ0v) is 12.8. The lowest BCUT2D eigenvalue weighted by Gasteiger charge is -2.02. The van der Waals surface area contributed by atoms with Crippen LogP contribution < -0.4 is 9.88 Å². The highest BCUT2D eigenvalue weighted by atomic mass is 16.3. The van der Waals surface area contributed by atoms with Crippen LogP contribution in [0.15, 0.2) is 77.7 Å². The fraction of sp³-hybridized carbons (Fsp3) is 0.158. The standard InChI is InChI=1S/C19H18N2O2/c22-19(20-14-18-7-4-12-23-18)15-21-10-8-17(9-11-21)13-16-5-2-1-3-6-16/h1-12H,13-15H2/p+1. The van der Waals surface area contributed by atoms with Crippen molar-refractivity contribution in [3.05, 3.63) is 90.1 Å². The molecule has 0 fully saturated rings. The molecule has 0 saturated heterocycles. The average Bonchev–Trinajstić information content (AvgIpc) is 3.09. The number of benzene rings is 1. The van der Waals surface area contributed by atoms with Gasteiger partial charge in [-0.25, -0.2) is 0 Å². The van der Waals surface area contributed by atoms with E-state index in [1.54, 1.807) is 6.26 Å². The minimum atomic E-state index is -0.0396. The van der Waals surface area contributed by atoms with Crippen LogP contribution >= 0.6 is 0 Å². The SMILES string of the molecule is O=C(C[n+]1ccc(Cc2ccccc2)cc1)NCc1ccco1. The number of hydrogen-bond acceptors (Lipinski definition) is 2. The third-order valence-electron chi connectivity index (χ3n) is 3.58. The van der Waals surface area contributed by atoms with E-state index in [4.69, 9.17) is 4.42 Å². The van der Waals surface area contributed by atoms with Crippen molar-refractivity contribution in [1.29, 1.82) is 0 Å². The summed E-state index contributed by atoms with van der Waals surface area (Å²) < 4.78 is 7.05. The Morgan fingerprint density at radius 1 is 0.957 bits per heavy atom. The maximum Gasteiger partial charge on any atom is 0.286 e. The Morgan fingerprint density at radius 2 is 1.70 bits per heavy atom. The van der Waals surface area contributed by atoms with Crippen LogP contribution in [0.25, 0.3) is 0 Å². The normalized spacial score (nSPS) is 10.4. The predicted octanol–water partition coefficient (Wildman–Crippen LogP) is 2.47. The van der Waals surface area contributed by atoms with E-state index < -0.39 is 0 Å². The number of hydrogen-bond donors (Lipinski definition) is 1. The van der Waals surface area contributed by atoms with Gasteiger partial charge in [0, 0.05) is 12.1 Å². The Kier molecular flexibility index (Phi) is 4.84. The van der Waals surface area contributed by atoms with E-state index in [9.17, 15) is 4.79 Å². The Bertz CT molecular complexity index is 735. The second-order valence-corrected chi connectivity index (χ2v) is 5.40. The molecule has 0 aliphatic rings. The lowest BCUT2D eigenvalue weighted by molar-refractivity contribution is -0.684. The van der Waals surface area contributed by atoms with Crippen molar-refractivity contribution < 1.29 is 13.8 Å². The zero-order valence-electron chi connectivity index (χ0n) is 12.8. The van der Waals surface area contributed by atoms with Gasteiger partial charge < -0.3 is 9.73 Å². The number of furan rings is 1. The molecule has 3 aromatic rings. The number of nitrogens with zero attached hydrogens (tertiary/aromatic N) is 1. The molecule has 116 valence electrons. The first-order valence-electron chi connectivity index (χ1n) is 7.60. The molecule has 1 amide bonds. The first-order chi connectivity index (χ1) is 11.3. The Hall–Kier alpha value is -2.88. The predicted molar refractivity (Wildman–Crippen MR) is 86.4 cm³/mol. The van der Waals surface area contributed by atoms with Gasteiger partial charge in [-0.2, -0.15) is 4.57 Å². The number of aromatic nitrogens is 1. The summed E-state index contributed by atoms with van der Waals surface area (Å²) in [5, 5.41) is 2.83. The van der Waals surface area contributed by atoms with Crippen molar-refractivity contribution >= 4 is 5.91 Å². The molecule has 0 saturated carbocycles. The maximum atomic E-state index is 11.9. The van der Waals surface area contributed by atoms with Gasteiger partial charge in [0.1, 0.15) is 5.76 Å². The molecular weight excluding hydrogens is 288 g/mol. The van der Waals surface area contributed by atoms with Gasteiger partial charge in [0.25, 0.3) is 5.91 Å². The van der Waals surface area contributed by atoms with Crippen LogP contribution in [0.5, 0.6) is 0 Å². The fourth-order valence-electron chi connectivity index (χ4n) is 2.36. The second-order valence-electron chi connectivity index (χ2n) is 5.40. The highest BCUT2D eigenvalue weighted by Gasteiger charge is 2.09. The maximum absolute atomic E-state index is 11.9. The average molecular weight is 307 g/mol. The molecule has 1 N–H and O–H groups in total. The third kappa shape index (κ3) is 4.54. The van der Waals surface area contributed by atoms with Gasteiger partial charge >= 0.3 is 0 Å². The van der Waals surface area contributed by atoms with E-state index in [0.717, 1.165) is 12.2 Å². The van der Waals surface area contributed by atoms with Crippen LogP contribution in [0.1, 0.15) is 16.9 Å². The first kappa shape index (κ1) is 15.0. The molecular formula is C19H19N2O2+. The van der Waals surface area contributed by atoms with Crippen LogP contribution in [-0.4, -0.2) is 5.91 Å². The summed E-state index contributed by atoms with van der Waals surface area (Å²) in [6.45, 7) is 0.713. The summed E-state index contributed by atoms with van der Waals surface area (Å²) in [4.78, 5) is 11.9. The van der Waals surface area contributed by atoms with Crippen molar-refractivity contribution in [1.82, 2.24) is 5.32 Å². The van der Waals surface area contributed by atoms with Crippen LogP contribution in [0.4, 0.5) is 0 Å². The molecule has 0 aliphatic carbocycles. The smallest absolute Gasteiger partial charge is 0.286 e. The van der Waals surface area contributed by atoms with Gasteiger partial charge in [0.05, 0.1) is 12.8 Å². The molecule has 4 heteroatoms. The van der Waals surface area contributed by atoms with Gasteiger partial charge in [-0.15, -0.1) is 0 Å². The largest absolute Gasteiger partial charge is 0.467 e. The van der Waals surface area contributed by atoms with E-state index >= 15 is 0 Å². The van der Waals surface area contributed by atoms with Crippen molar-refractivity contribution in [3.8, 4) is 0 Å². The minimum absolute atomic E-state index is 0.0396. The van der Waals surface area contributed by atoms with Crippen LogP contribution in [0.2, 0.25) is 0 Å². The third-order valence-corrected chi connectivity index (χ3v) is 3.58. The summed E-state index contributed by atoms with van der Waals surface area (Å²) in [5.74, 6) is 0.712. The van der Waals surface area contributed by atoms with Crippen molar-refractivity contribution in [2.45, 2.75) is 19.5 Å². The summed E-state index contributed by atoms with van der Waals surface area (Å²) in [6, 6.07) is 18.1. The van der Waals surface area contributed by atoms with Gasteiger partial charge in [-0.1, -0.05) is 30.3 Å². The van der Waals surface area contributed by atoms with Gasteiger partial charge in [0.2, 0.25) is 6.54 Å². The van der Waals surface area contributed by atoms with Crippen LogP contribution in [0.3, 0.4) is 0 Å². The second kappa shape index (κ2) is 7.40. The molecule has 23 heavy (non-hydrogen) atoms. The van der Waals surface area contributed by atoms with Gasteiger partial charge in [-0.3, -0.25) is 4.79 Å². The number of nitrogens with one attached hydrogen (secondary N) is 1. The lowest BCUT2D eigenvalue weighted by atomic mass is 10.1.